The Kier molecular flexibility index (Phi) is 3.58. The molecule has 2 nitrogen and oxygen atoms in total. The Morgan fingerprint density at radius 3 is 2.62 bits per heavy atom. The average molecular weight is 365 g/mol. The number of anilines is 1. The number of carbonyl (C=O) groups is 1. The molecule has 0 spiro atoms. The molecule has 2 aromatic rings. The lowest BCUT2D eigenvalue weighted by molar-refractivity contribution is -0.119. The highest BCUT2D eigenvalue weighted by Gasteiger charge is 2.38. The molecule has 1 aliphatic heterocycles. The van der Waals surface area contributed by atoms with Crippen molar-refractivity contribution in [3.05, 3.63) is 64.2 Å². The molecule has 3 rings (SSSR count). The highest BCUT2D eigenvalue weighted by atomic mass is 79.9. The van der Waals surface area contributed by atoms with Gasteiger partial charge in [0.1, 0.15) is 0 Å². The van der Waals surface area contributed by atoms with E-state index in [2.05, 4.69) is 27.3 Å². The van der Waals surface area contributed by atoms with Crippen molar-refractivity contribution in [3.8, 4) is 0 Å². The number of halogens is 2. The second-order valence-electron chi connectivity index (χ2n) is 5.77. The number of hydrogen-bond donors (Lipinski definition) is 1. The van der Waals surface area contributed by atoms with Gasteiger partial charge in [-0.2, -0.15) is 0 Å². The lowest BCUT2D eigenvalue weighted by Gasteiger charge is -2.18. The van der Waals surface area contributed by atoms with Crippen molar-refractivity contribution in [2.45, 2.75) is 24.1 Å². The molecule has 1 heterocycles. The second kappa shape index (κ2) is 5.15. The third-order valence-electron chi connectivity index (χ3n) is 4.00. The molecule has 0 saturated carbocycles. The molecule has 1 N–H and O–H groups in total. The molecule has 0 bridgehead atoms. The summed E-state index contributed by atoms with van der Waals surface area (Å²) in [6, 6.07) is 13.8. The van der Waals surface area contributed by atoms with Gasteiger partial charge >= 0.3 is 0 Å². The quantitative estimate of drug-likeness (QED) is 0.742. The highest BCUT2D eigenvalue weighted by molar-refractivity contribution is 9.09. The van der Waals surface area contributed by atoms with Gasteiger partial charge in [-0.1, -0.05) is 57.9 Å². The van der Waals surface area contributed by atoms with Gasteiger partial charge in [0.05, 0.1) is 10.2 Å². The number of hydrogen-bond acceptors (Lipinski definition) is 1. The number of amides is 1. The Balaban J connectivity index is 2.05. The van der Waals surface area contributed by atoms with Crippen LogP contribution in [-0.2, 0) is 10.2 Å². The van der Waals surface area contributed by atoms with Crippen molar-refractivity contribution in [1.29, 1.82) is 0 Å². The van der Waals surface area contributed by atoms with Gasteiger partial charge in [0.2, 0.25) is 5.91 Å². The summed E-state index contributed by atoms with van der Waals surface area (Å²) in [6.07, 6.45) is 0. The van der Waals surface area contributed by atoms with Crippen LogP contribution in [0, 0.1) is 0 Å². The standard InChI is InChI=1S/C17H15BrClNO/c1-17(2)12-9-10(7-8-14(12)20-16(17)21)15(18)11-5-3-4-6-13(11)19/h3-9,15H,1-2H3,(H,20,21). The van der Waals surface area contributed by atoms with Gasteiger partial charge in [0, 0.05) is 10.7 Å². The fraction of sp³-hybridized carbons (Fsp3) is 0.235. The Morgan fingerprint density at radius 1 is 1.19 bits per heavy atom. The van der Waals surface area contributed by atoms with Gasteiger partial charge in [0.15, 0.2) is 0 Å². The summed E-state index contributed by atoms with van der Waals surface area (Å²) in [5, 5.41) is 3.65. The van der Waals surface area contributed by atoms with E-state index in [-0.39, 0.29) is 10.7 Å². The van der Waals surface area contributed by atoms with Crippen LogP contribution in [-0.4, -0.2) is 5.91 Å². The van der Waals surface area contributed by atoms with Crippen LogP contribution in [0.25, 0.3) is 0 Å². The zero-order valence-electron chi connectivity index (χ0n) is 11.8. The molecule has 0 aliphatic carbocycles. The predicted molar refractivity (Wildman–Crippen MR) is 90.3 cm³/mol. The molecule has 108 valence electrons. The molecule has 0 aromatic heterocycles. The molecule has 21 heavy (non-hydrogen) atoms. The summed E-state index contributed by atoms with van der Waals surface area (Å²) in [7, 11) is 0. The van der Waals surface area contributed by atoms with Crippen LogP contribution in [0.3, 0.4) is 0 Å². The fourth-order valence-electron chi connectivity index (χ4n) is 2.61. The number of fused-ring (bicyclic) bond motifs is 1. The van der Waals surface area contributed by atoms with E-state index in [1.54, 1.807) is 0 Å². The Morgan fingerprint density at radius 2 is 1.90 bits per heavy atom. The first-order valence-electron chi connectivity index (χ1n) is 6.75. The van der Waals surface area contributed by atoms with Crippen LogP contribution >= 0.6 is 27.5 Å². The number of benzene rings is 2. The van der Waals surface area contributed by atoms with Crippen molar-refractivity contribution >= 4 is 39.1 Å². The summed E-state index contributed by atoms with van der Waals surface area (Å²) in [5.41, 5.74) is 3.54. The molecular weight excluding hydrogens is 350 g/mol. The third kappa shape index (κ3) is 2.39. The smallest absolute Gasteiger partial charge is 0.234 e. The van der Waals surface area contributed by atoms with Crippen molar-refractivity contribution in [3.63, 3.8) is 0 Å². The lowest BCUT2D eigenvalue weighted by atomic mass is 9.85. The molecule has 0 saturated heterocycles. The molecule has 0 fully saturated rings. The van der Waals surface area contributed by atoms with Crippen LogP contribution in [0.4, 0.5) is 5.69 Å². The molecule has 2 aromatic carbocycles. The van der Waals surface area contributed by atoms with Gasteiger partial charge in [-0.25, -0.2) is 0 Å². The van der Waals surface area contributed by atoms with Gasteiger partial charge in [-0.05, 0) is 42.7 Å². The van der Waals surface area contributed by atoms with Gasteiger partial charge in [0.25, 0.3) is 0 Å². The van der Waals surface area contributed by atoms with Gasteiger partial charge in [-0.3, -0.25) is 4.79 Å². The van der Waals surface area contributed by atoms with E-state index in [1.807, 2.05) is 50.2 Å². The van der Waals surface area contributed by atoms with Crippen LogP contribution in [0.5, 0.6) is 0 Å². The average Bonchev–Trinajstić information content (AvgIpc) is 2.69. The number of alkyl halides is 1. The summed E-state index contributed by atoms with van der Waals surface area (Å²) < 4.78 is 0. The zero-order chi connectivity index (χ0) is 15.2. The van der Waals surface area contributed by atoms with Crippen LogP contribution in [0.15, 0.2) is 42.5 Å². The zero-order valence-corrected chi connectivity index (χ0v) is 14.1. The van der Waals surface area contributed by atoms with Crippen LogP contribution in [0.1, 0.15) is 35.4 Å². The molecule has 1 amide bonds. The Bertz CT molecular complexity index is 726. The maximum atomic E-state index is 12.0. The molecular formula is C17H15BrClNO. The fourth-order valence-corrected chi connectivity index (χ4v) is 3.67. The monoisotopic (exact) mass is 363 g/mol. The highest BCUT2D eigenvalue weighted by Crippen LogP contribution is 2.42. The maximum absolute atomic E-state index is 12.0. The van der Waals surface area contributed by atoms with Crippen molar-refractivity contribution in [1.82, 2.24) is 0 Å². The molecule has 0 radical (unpaired) electrons. The van der Waals surface area contributed by atoms with Gasteiger partial charge < -0.3 is 5.32 Å². The number of carbonyl (C=O) groups excluding carboxylic acids is 1. The maximum Gasteiger partial charge on any atom is 0.234 e. The largest absolute Gasteiger partial charge is 0.325 e. The number of rotatable bonds is 2. The molecule has 1 atom stereocenters. The van der Waals surface area contributed by atoms with Crippen molar-refractivity contribution < 1.29 is 4.79 Å². The first-order valence-corrected chi connectivity index (χ1v) is 8.05. The minimum Gasteiger partial charge on any atom is -0.325 e. The first-order chi connectivity index (χ1) is 9.91. The normalized spacial score (nSPS) is 17.2. The van der Waals surface area contributed by atoms with Crippen LogP contribution in [0.2, 0.25) is 5.02 Å². The van der Waals surface area contributed by atoms with E-state index < -0.39 is 5.41 Å². The first kappa shape index (κ1) is 14.6. The minimum atomic E-state index is -0.501. The van der Waals surface area contributed by atoms with E-state index in [0.29, 0.717) is 0 Å². The molecule has 4 heteroatoms. The summed E-state index contributed by atoms with van der Waals surface area (Å²) >= 11 is 9.99. The van der Waals surface area contributed by atoms with E-state index in [1.165, 1.54) is 0 Å². The van der Waals surface area contributed by atoms with Crippen molar-refractivity contribution in [2.75, 3.05) is 5.32 Å². The lowest BCUT2D eigenvalue weighted by Crippen LogP contribution is -2.26. The Hall–Kier alpha value is -1.32. The van der Waals surface area contributed by atoms with E-state index >= 15 is 0 Å². The van der Waals surface area contributed by atoms with E-state index in [9.17, 15) is 4.79 Å². The minimum absolute atomic E-state index is 0.00278. The molecule has 1 aliphatic rings. The summed E-state index contributed by atoms with van der Waals surface area (Å²) in [6.45, 7) is 3.88. The van der Waals surface area contributed by atoms with E-state index in [0.717, 1.165) is 27.4 Å². The SMILES string of the molecule is CC1(C)C(=O)Nc2ccc(C(Br)c3ccccc3Cl)cc21. The number of nitrogens with one attached hydrogen (secondary N) is 1. The third-order valence-corrected chi connectivity index (χ3v) is 5.37. The van der Waals surface area contributed by atoms with E-state index in [4.69, 9.17) is 11.6 Å². The second-order valence-corrected chi connectivity index (χ2v) is 7.09. The molecule has 1 unspecified atom stereocenters. The summed E-state index contributed by atoms with van der Waals surface area (Å²) in [5.74, 6) is 0.0403. The van der Waals surface area contributed by atoms with Crippen LogP contribution < -0.4 is 5.32 Å². The summed E-state index contributed by atoms with van der Waals surface area (Å²) in [4.78, 5) is 12.0. The predicted octanol–water partition coefficient (Wildman–Crippen LogP) is 5.05. The van der Waals surface area contributed by atoms with Gasteiger partial charge in [-0.15, -0.1) is 0 Å². The van der Waals surface area contributed by atoms with Crippen molar-refractivity contribution in [2.24, 2.45) is 0 Å². The topological polar surface area (TPSA) is 29.1 Å². The Labute approximate surface area is 137 Å².